The van der Waals surface area contributed by atoms with Gasteiger partial charge in [0.15, 0.2) is 6.23 Å². The van der Waals surface area contributed by atoms with Gasteiger partial charge >= 0.3 is 0 Å². The Balaban J connectivity index is 2.17. The summed E-state index contributed by atoms with van der Waals surface area (Å²) in [7, 11) is 0. The quantitative estimate of drug-likeness (QED) is 0.329. The largest absolute Gasteiger partial charge is 0.508 e. The Labute approximate surface area is 117 Å². The Morgan fingerprint density at radius 3 is 2.65 bits per heavy atom. The summed E-state index contributed by atoms with van der Waals surface area (Å²) < 4.78 is 0. The Bertz CT molecular complexity index is 587. The third-order valence-corrected chi connectivity index (χ3v) is 2.86. The number of aliphatic hydroxyl groups is 1. The van der Waals surface area contributed by atoms with Crippen molar-refractivity contribution in [2.24, 2.45) is 0 Å². The molecule has 1 atom stereocenters. The summed E-state index contributed by atoms with van der Waals surface area (Å²) in [6.07, 6.45) is -0.985. The third-order valence-electron chi connectivity index (χ3n) is 2.86. The molecule has 0 bridgehead atoms. The fraction of sp³-hybridized carbons (Fsp3) is 0.200. The van der Waals surface area contributed by atoms with Crippen LogP contribution in [0.2, 0.25) is 0 Å². The highest BCUT2D eigenvalue weighted by Gasteiger charge is 2.10. The number of aliphatic hydroxyl groups excluding tert-OH is 1. The van der Waals surface area contributed by atoms with Crippen LogP contribution < -0.4 is 10.6 Å². The summed E-state index contributed by atoms with van der Waals surface area (Å²) in [5, 5.41) is 35.1. The molecule has 0 heterocycles. The number of hydrogen-bond donors (Lipinski definition) is 5. The van der Waals surface area contributed by atoms with Crippen LogP contribution in [0.15, 0.2) is 42.5 Å². The summed E-state index contributed by atoms with van der Waals surface area (Å²) in [5.74, 6) is -0.0245. The van der Waals surface area contributed by atoms with E-state index >= 15 is 0 Å². The van der Waals surface area contributed by atoms with Crippen LogP contribution in [0.25, 0.3) is 0 Å². The zero-order valence-electron chi connectivity index (χ0n) is 11.2. The van der Waals surface area contributed by atoms with Crippen molar-refractivity contribution < 1.29 is 15.3 Å². The van der Waals surface area contributed by atoms with Crippen LogP contribution >= 0.6 is 0 Å². The predicted octanol–water partition coefficient (Wildman–Crippen LogP) is 2.63. The van der Waals surface area contributed by atoms with Gasteiger partial charge in [-0.15, -0.1) is 0 Å². The molecule has 0 amide bonds. The summed E-state index contributed by atoms with van der Waals surface area (Å²) in [4.78, 5) is 0. The first-order chi connectivity index (χ1) is 9.60. The molecule has 2 aromatic rings. The molecular formula is C15H18N2O3. The maximum absolute atomic E-state index is 10.2. The Morgan fingerprint density at radius 1 is 1.10 bits per heavy atom. The highest BCUT2D eigenvalue weighted by atomic mass is 16.3. The minimum atomic E-state index is -0.985. The minimum absolute atomic E-state index is 0.0129. The molecule has 20 heavy (non-hydrogen) atoms. The summed E-state index contributed by atoms with van der Waals surface area (Å²) in [5.41, 5.74) is 1.84. The van der Waals surface area contributed by atoms with Crippen LogP contribution in [0.4, 0.5) is 11.4 Å². The molecule has 2 rings (SSSR count). The lowest BCUT2D eigenvalue weighted by molar-refractivity contribution is 0.207. The van der Waals surface area contributed by atoms with Crippen LogP contribution in [-0.2, 0) is 0 Å². The predicted molar refractivity (Wildman–Crippen MR) is 79.0 cm³/mol. The molecular weight excluding hydrogens is 256 g/mol. The maximum atomic E-state index is 10.2. The van der Waals surface area contributed by atoms with Crippen LogP contribution in [0, 0.1) is 0 Å². The van der Waals surface area contributed by atoms with Gasteiger partial charge in [-0.2, -0.15) is 0 Å². The van der Waals surface area contributed by atoms with E-state index in [-0.39, 0.29) is 17.2 Å². The fourth-order valence-corrected chi connectivity index (χ4v) is 1.89. The molecule has 5 heteroatoms. The van der Waals surface area contributed by atoms with Crippen molar-refractivity contribution in [1.29, 1.82) is 0 Å². The minimum Gasteiger partial charge on any atom is -0.508 e. The van der Waals surface area contributed by atoms with Gasteiger partial charge < -0.3 is 26.0 Å². The first-order valence-corrected chi connectivity index (χ1v) is 6.40. The van der Waals surface area contributed by atoms with Gasteiger partial charge in [0.2, 0.25) is 0 Å². The highest BCUT2D eigenvalue weighted by molar-refractivity contribution is 5.59. The van der Waals surface area contributed by atoms with E-state index in [1.165, 1.54) is 18.2 Å². The molecule has 0 spiro atoms. The number of phenolic OH excluding ortho intramolecular Hbond substituents is 2. The Hall–Kier alpha value is -2.40. The van der Waals surface area contributed by atoms with Crippen molar-refractivity contribution >= 4 is 11.4 Å². The Kier molecular flexibility index (Phi) is 4.32. The van der Waals surface area contributed by atoms with Gasteiger partial charge in [0, 0.05) is 23.9 Å². The van der Waals surface area contributed by atoms with Gasteiger partial charge in [-0.25, -0.2) is 0 Å². The van der Waals surface area contributed by atoms with Crippen molar-refractivity contribution in [3.63, 3.8) is 0 Å². The van der Waals surface area contributed by atoms with E-state index in [4.69, 9.17) is 0 Å². The summed E-state index contributed by atoms with van der Waals surface area (Å²) in [6, 6.07) is 11.4. The molecule has 106 valence electrons. The molecule has 0 saturated heterocycles. The number of rotatable bonds is 5. The second-order valence-electron chi connectivity index (χ2n) is 4.40. The lowest BCUT2D eigenvalue weighted by Gasteiger charge is -2.16. The first kappa shape index (κ1) is 14.0. The first-order valence-electron chi connectivity index (χ1n) is 6.40. The van der Waals surface area contributed by atoms with E-state index in [1.807, 2.05) is 25.1 Å². The zero-order valence-corrected chi connectivity index (χ0v) is 11.2. The van der Waals surface area contributed by atoms with E-state index in [2.05, 4.69) is 10.6 Å². The van der Waals surface area contributed by atoms with Crippen molar-refractivity contribution in [2.75, 3.05) is 17.2 Å². The van der Waals surface area contributed by atoms with Crippen LogP contribution in [0.5, 0.6) is 11.5 Å². The monoisotopic (exact) mass is 274 g/mol. The summed E-state index contributed by atoms with van der Waals surface area (Å²) in [6.45, 7) is 2.78. The standard InChI is InChI=1S/C15H18N2O3/c1-2-16-11-5-3-4-10(8-11)15(20)17-13-9-12(18)6-7-14(13)19/h3-9,15-20H,2H2,1H3. The SMILES string of the molecule is CCNc1cccc(C(O)Nc2cc(O)ccc2O)c1. The summed E-state index contributed by atoms with van der Waals surface area (Å²) >= 11 is 0. The van der Waals surface area contributed by atoms with Gasteiger partial charge in [0.1, 0.15) is 11.5 Å². The van der Waals surface area contributed by atoms with Gasteiger partial charge in [-0.05, 0) is 31.2 Å². The third kappa shape index (κ3) is 3.33. The smallest absolute Gasteiger partial charge is 0.150 e. The molecule has 0 radical (unpaired) electrons. The molecule has 1 unspecified atom stereocenters. The van der Waals surface area contributed by atoms with Crippen LogP contribution in [-0.4, -0.2) is 21.9 Å². The second kappa shape index (κ2) is 6.16. The molecule has 0 aliphatic carbocycles. The molecule has 5 nitrogen and oxygen atoms in total. The molecule has 0 fully saturated rings. The molecule has 0 aromatic heterocycles. The number of benzene rings is 2. The molecule has 0 aliphatic rings. The Morgan fingerprint density at radius 2 is 1.90 bits per heavy atom. The average Bonchev–Trinajstić information content (AvgIpc) is 2.43. The molecule has 5 N–H and O–H groups in total. The van der Waals surface area contributed by atoms with Gasteiger partial charge in [0.05, 0.1) is 5.69 Å². The van der Waals surface area contributed by atoms with Gasteiger partial charge in [0.25, 0.3) is 0 Å². The van der Waals surface area contributed by atoms with Crippen LogP contribution in [0.3, 0.4) is 0 Å². The lowest BCUT2D eigenvalue weighted by atomic mass is 10.1. The average molecular weight is 274 g/mol. The van der Waals surface area contributed by atoms with Crippen molar-refractivity contribution in [3.05, 3.63) is 48.0 Å². The molecule has 0 saturated carbocycles. The zero-order chi connectivity index (χ0) is 14.5. The number of hydrogen-bond acceptors (Lipinski definition) is 5. The van der Waals surface area contributed by atoms with E-state index in [1.54, 1.807) is 6.07 Å². The van der Waals surface area contributed by atoms with Gasteiger partial charge in [-0.3, -0.25) is 0 Å². The number of nitrogens with one attached hydrogen (secondary N) is 2. The van der Waals surface area contributed by atoms with E-state index in [0.717, 1.165) is 12.2 Å². The van der Waals surface area contributed by atoms with E-state index < -0.39 is 6.23 Å². The van der Waals surface area contributed by atoms with Crippen LogP contribution in [0.1, 0.15) is 18.7 Å². The fourth-order valence-electron chi connectivity index (χ4n) is 1.89. The topological polar surface area (TPSA) is 84.8 Å². The van der Waals surface area contributed by atoms with Gasteiger partial charge in [-0.1, -0.05) is 12.1 Å². The van der Waals surface area contributed by atoms with Crippen molar-refractivity contribution in [3.8, 4) is 11.5 Å². The maximum Gasteiger partial charge on any atom is 0.150 e. The second-order valence-corrected chi connectivity index (χ2v) is 4.40. The normalized spacial score (nSPS) is 11.9. The number of anilines is 2. The lowest BCUT2D eigenvalue weighted by Crippen LogP contribution is -2.10. The molecule has 0 aliphatic heterocycles. The van der Waals surface area contributed by atoms with E-state index in [9.17, 15) is 15.3 Å². The van der Waals surface area contributed by atoms with Crippen molar-refractivity contribution in [1.82, 2.24) is 0 Å². The molecule has 2 aromatic carbocycles. The van der Waals surface area contributed by atoms with Crippen molar-refractivity contribution in [2.45, 2.75) is 13.2 Å². The highest BCUT2D eigenvalue weighted by Crippen LogP contribution is 2.30. The number of aromatic hydroxyl groups is 2. The number of phenols is 2. The van der Waals surface area contributed by atoms with E-state index in [0.29, 0.717) is 5.56 Å².